The summed E-state index contributed by atoms with van der Waals surface area (Å²) in [4.78, 5) is 25.2. The van der Waals surface area contributed by atoms with E-state index in [1.54, 1.807) is 0 Å². The average Bonchev–Trinajstić information content (AvgIpc) is 2.79. The number of hydrogen-bond donors (Lipinski definition) is 0. The van der Waals surface area contributed by atoms with Gasteiger partial charge in [0.2, 0.25) is 5.69 Å². The first-order valence-electron chi connectivity index (χ1n) is 8.93. The van der Waals surface area contributed by atoms with Crippen molar-refractivity contribution < 1.29 is 18.9 Å². The minimum absolute atomic E-state index is 0.0293. The van der Waals surface area contributed by atoms with Gasteiger partial charge in [-0.2, -0.15) is 0 Å². The fourth-order valence-corrected chi connectivity index (χ4v) is 4.82. The average molecular weight is 318 g/mol. The zero-order valence-electron chi connectivity index (χ0n) is 14.8. The Morgan fingerprint density at radius 3 is 2.65 bits per heavy atom. The third kappa shape index (κ3) is 2.56. The van der Waals surface area contributed by atoms with Crippen LogP contribution in [-0.4, -0.2) is 11.6 Å². The summed E-state index contributed by atoms with van der Waals surface area (Å²) in [5.41, 5.74) is 1.99. The summed E-state index contributed by atoms with van der Waals surface area (Å²) in [5, 5.41) is 0. The predicted octanol–water partition coefficient (Wildman–Crippen LogP) is 3.10. The molecule has 4 nitrogen and oxygen atoms in total. The number of hydrogen-bond acceptors (Lipinski definition) is 3. The monoisotopic (exact) mass is 318 g/mol. The van der Waals surface area contributed by atoms with Crippen molar-refractivity contribution >= 4 is 11.6 Å². The van der Waals surface area contributed by atoms with Gasteiger partial charge in [0.25, 0.3) is 0 Å². The lowest BCUT2D eigenvalue weighted by molar-refractivity contribution is -0.866. The summed E-state index contributed by atoms with van der Waals surface area (Å²) < 4.78 is 7.68. The first-order valence-corrected chi connectivity index (χ1v) is 8.93. The molecule has 0 bridgehead atoms. The molecule has 0 saturated heterocycles. The van der Waals surface area contributed by atoms with Gasteiger partial charge in [0.05, 0.1) is 5.56 Å². The van der Waals surface area contributed by atoms with Crippen molar-refractivity contribution in [3.63, 3.8) is 0 Å². The molecule has 0 aliphatic heterocycles. The van der Waals surface area contributed by atoms with Crippen LogP contribution in [-0.2, 0) is 22.6 Å². The fraction of sp³-hybridized carbons (Fsp3) is 0.737. The summed E-state index contributed by atoms with van der Waals surface area (Å²) in [7, 11) is 0. The van der Waals surface area contributed by atoms with E-state index in [1.165, 1.54) is 0 Å². The number of ketones is 2. The van der Waals surface area contributed by atoms with Crippen molar-refractivity contribution in [3.8, 4) is 0 Å². The van der Waals surface area contributed by atoms with Gasteiger partial charge in [0.15, 0.2) is 12.3 Å². The molecular formula is C19H28NO3+. The van der Waals surface area contributed by atoms with Crippen molar-refractivity contribution in [2.24, 2.45) is 17.3 Å². The van der Waals surface area contributed by atoms with Crippen LogP contribution < -0.4 is 4.74 Å². The number of carbonyl (C=O) groups excluding carboxylic acids is 2. The summed E-state index contributed by atoms with van der Waals surface area (Å²) in [5.74, 6) is 1.79. The zero-order valence-corrected chi connectivity index (χ0v) is 14.8. The largest absolute Gasteiger partial charge is 0.299 e. The maximum atomic E-state index is 12.7. The Labute approximate surface area is 138 Å². The molecule has 2 saturated carbocycles. The molecule has 1 aromatic rings. The Morgan fingerprint density at radius 2 is 2.00 bits per heavy atom. The standard InChI is InChI=1S/C19H28NO3/c1-5-20-12(2)14(13(3)23-20)11-15-16-7-6-8-18(22)19(16,4)10-9-17(15)21/h15-16H,5-11H2,1-4H3/q+1. The number of rotatable bonds is 3. The highest BCUT2D eigenvalue weighted by Gasteiger charge is 2.51. The molecule has 0 aromatic carbocycles. The second-order valence-electron chi connectivity index (χ2n) is 7.52. The smallest absolute Gasteiger partial charge is 0.231 e. The second kappa shape index (κ2) is 5.88. The molecule has 0 radical (unpaired) electrons. The molecule has 1 aromatic heterocycles. The number of nitrogens with zero attached hydrogens (tertiary/aromatic N) is 1. The van der Waals surface area contributed by atoms with E-state index in [1.807, 2.05) is 11.7 Å². The molecule has 2 aliphatic carbocycles. The maximum absolute atomic E-state index is 12.7. The minimum atomic E-state index is -0.289. The highest BCUT2D eigenvalue weighted by molar-refractivity contribution is 5.91. The summed E-state index contributed by atoms with van der Waals surface area (Å²) in [6.07, 6.45) is 4.63. The van der Waals surface area contributed by atoms with Crippen molar-refractivity contribution in [2.45, 2.75) is 72.8 Å². The van der Waals surface area contributed by atoms with E-state index in [0.29, 0.717) is 24.4 Å². The molecular weight excluding hydrogens is 290 g/mol. The van der Waals surface area contributed by atoms with Crippen LogP contribution in [0.5, 0.6) is 0 Å². The molecule has 0 spiro atoms. The van der Waals surface area contributed by atoms with Gasteiger partial charge in [-0.05, 0) is 43.3 Å². The number of aryl methyl sites for hydroxylation is 2. The van der Waals surface area contributed by atoms with E-state index in [-0.39, 0.29) is 17.3 Å². The van der Waals surface area contributed by atoms with Gasteiger partial charge >= 0.3 is 0 Å². The van der Waals surface area contributed by atoms with Gasteiger partial charge in [0, 0.05) is 38.0 Å². The maximum Gasteiger partial charge on any atom is 0.231 e. The Balaban J connectivity index is 1.93. The third-order valence-corrected chi connectivity index (χ3v) is 6.36. The molecule has 1 heterocycles. The van der Waals surface area contributed by atoms with Gasteiger partial charge < -0.3 is 0 Å². The first kappa shape index (κ1) is 16.4. The Hall–Kier alpha value is -1.45. The van der Waals surface area contributed by atoms with Crippen molar-refractivity contribution in [1.29, 1.82) is 0 Å². The van der Waals surface area contributed by atoms with Crippen LogP contribution in [0.3, 0.4) is 0 Å². The lowest BCUT2D eigenvalue weighted by atomic mass is 9.55. The molecule has 2 fully saturated rings. The molecule has 3 rings (SSSR count). The zero-order chi connectivity index (χ0) is 16.8. The second-order valence-corrected chi connectivity index (χ2v) is 7.52. The topological polar surface area (TPSA) is 51.2 Å². The van der Waals surface area contributed by atoms with Crippen molar-refractivity contribution in [2.75, 3.05) is 0 Å². The highest BCUT2D eigenvalue weighted by atomic mass is 16.5. The molecule has 2 aliphatic rings. The first-order chi connectivity index (χ1) is 10.9. The van der Waals surface area contributed by atoms with E-state index in [4.69, 9.17) is 4.52 Å². The SMILES string of the molecule is CC[n+]1oc(C)c(CC2C(=O)CCC3(C)C(=O)CCCC23)c1C. The number of fused-ring (bicyclic) bond motifs is 1. The van der Waals surface area contributed by atoms with Crippen LogP contribution >= 0.6 is 0 Å². The Morgan fingerprint density at radius 1 is 1.26 bits per heavy atom. The molecule has 0 N–H and O–H groups in total. The molecule has 3 unspecified atom stereocenters. The van der Waals surface area contributed by atoms with E-state index in [0.717, 1.165) is 49.2 Å². The van der Waals surface area contributed by atoms with Crippen molar-refractivity contribution in [3.05, 3.63) is 17.0 Å². The van der Waals surface area contributed by atoms with Gasteiger partial charge in [-0.15, -0.1) is 0 Å². The van der Waals surface area contributed by atoms with Crippen LogP contribution in [0.1, 0.15) is 63.0 Å². The number of aromatic nitrogens is 1. The molecule has 3 atom stereocenters. The van der Waals surface area contributed by atoms with E-state index >= 15 is 0 Å². The van der Waals surface area contributed by atoms with Crippen LogP contribution in [0.4, 0.5) is 0 Å². The molecule has 4 heteroatoms. The third-order valence-electron chi connectivity index (χ3n) is 6.36. The van der Waals surface area contributed by atoms with E-state index < -0.39 is 0 Å². The summed E-state index contributed by atoms with van der Waals surface area (Å²) >= 11 is 0. The quantitative estimate of drug-likeness (QED) is 0.805. The Kier molecular flexibility index (Phi) is 4.19. The fourth-order valence-electron chi connectivity index (χ4n) is 4.82. The van der Waals surface area contributed by atoms with Gasteiger partial charge in [0.1, 0.15) is 11.6 Å². The summed E-state index contributed by atoms with van der Waals surface area (Å²) in [6.45, 7) is 8.99. The normalized spacial score (nSPS) is 31.3. The van der Waals surface area contributed by atoms with Gasteiger partial charge in [-0.1, -0.05) is 6.92 Å². The predicted molar refractivity (Wildman–Crippen MR) is 85.9 cm³/mol. The Bertz CT molecular complexity index is 645. The number of carbonyl (C=O) groups is 2. The lowest BCUT2D eigenvalue weighted by Gasteiger charge is -2.47. The molecule has 0 amide bonds. The van der Waals surface area contributed by atoms with Crippen LogP contribution in [0.25, 0.3) is 0 Å². The lowest BCUT2D eigenvalue weighted by Crippen LogP contribution is -2.49. The van der Waals surface area contributed by atoms with Crippen LogP contribution in [0, 0.1) is 31.1 Å². The highest BCUT2D eigenvalue weighted by Crippen LogP contribution is 2.50. The minimum Gasteiger partial charge on any atom is -0.299 e. The van der Waals surface area contributed by atoms with E-state index in [9.17, 15) is 9.59 Å². The summed E-state index contributed by atoms with van der Waals surface area (Å²) in [6, 6.07) is 0. The van der Waals surface area contributed by atoms with Crippen LogP contribution in [0.2, 0.25) is 0 Å². The number of Topliss-reactive ketones (excluding diaryl/α,β-unsaturated/α-hetero) is 2. The van der Waals surface area contributed by atoms with Gasteiger partial charge in [-0.3, -0.25) is 9.59 Å². The molecule has 126 valence electrons. The van der Waals surface area contributed by atoms with Gasteiger partial charge in [-0.25, -0.2) is 4.52 Å². The molecule has 23 heavy (non-hydrogen) atoms. The van der Waals surface area contributed by atoms with Crippen molar-refractivity contribution in [1.82, 2.24) is 0 Å². The van der Waals surface area contributed by atoms with Crippen LogP contribution in [0.15, 0.2) is 4.52 Å². The van der Waals surface area contributed by atoms with E-state index in [2.05, 4.69) is 20.8 Å².